The zero-order valence-electron chi connectivity index (χ0n) is 14.6. The van der Waals surface area contributed by atoms with Crippen molar-refractivity contribution in [2.24, 2.45) is 0 Å². The van der Waals surface area contributed by atoms with E-state index in [1.54, 1.807) is 25.3 Å². The van der Waals surface area contributed by atoms with Gasteiger partial charge in [-0.05, 0) is 48.0 Å². The molecule has 28 heavy (non-hydrogen) atoms. The van der Waals surface area contributed by atoms with E-state index < -0.39 is 0 Å². The summed E-state index contributed by atoms with van der Waals surface area (Å²) in [6.45, 7) is 0.623. The molecule has 1 amide bonds. The van der Waals surface area contributed by atoms with Gasteiger partial charge in [-0.15, -0.1) is 0 Å². The molecule has 0 bridgehead atoms. The summed E-state index contributed by atoms with van der Waals surface area (Å²) in [6, 6.07) is 10.9. The molecule has 2 aromatic carbocycles. The molecule has 4 nitrogen and oxygen atoms in total. The molecule has 0 saturated carbocycles. The summed E-state index contributed by atoms with van der Waals surface area (Å²) >= 11 is 22.4. The summed E-state index contributed by atoms with van der Waals surface area (Å²) in [5, 5.41) is 0.712. The minimum absolute atomic E-state index is 0.146. The van der Waals surface area contributed by atoms with Crippen LogP contribution in [0.1, 0.15) is 5.56 Å². The topological polar surface area (TPSA) is 38.8 Å². The van der Waals surface area contributed by atoms with Gasteiger partial charge in [-0.1, -0.05) is 63.1 Å². The molecule has 0 N–H and O–H groups in total. The Kier molecular flexibility index (Phi) is 7.28. The van der Waals surface area contributed by atoms with Gasteiger partial charge in [0.2, 0.25) is 0 Å². The third-order valence-electron chi connectivity index (χ3n) is 3.72. The third kappa shape index (κ3) is 5.21. The second kappa shape index (κ2) is 9.50. The maximum atomic E-state index is 12.1. The van der Waals surface area contributed by atoms with Gasteiger partial charge in [-0.25, -0.2) is 0 Å². The fraction of sp³-hybridized carbons (Fsp3) is 0.158. The van der Waals surface area contributed by atoms with Gasteiger partial charge >= 0.3 is 0 Å². The summed E-state index contributed by atoms with van der Waals surface area (Å²) in [5.74, 6) is 0.975. The van der Waals surface area contributed by atoms with Crippen molar-refractivity contribution in [3.05, 3.63) is 61.4 Å². The zero-order valence-corrected chi connectivity index (χ0v) is 19.3. The molecule has 1 saturated heterocycles. The van der Waals surface area contributed by atoms with Crippen LogP contribution < -0.4 is 9.47 Å². The number of carbonyl (C=O) groups excluding carboxylic acids is 1. The average Bonchev–Trinajstić information content (AvgIpc) is 2.89. The molecule has 0 atom stereocenters. The number of hydrogen-bond donors (Lipinski definition) is 0. The van der Waals surface area contributed by atoms with Crippen molar-refractivity contribution >= 4 is 79.4 Å². The number of likely N-dealkylation sites (N-methyl/N-ethyl adjacent to an activating group) is 1. The fourth-order valence-electron chi connectivity index (χ4n) is 2.33. The van der Waals surface area contributed by atoms with Gasteiger partial charge in [-0.2, -0.15) is 0 Å². The van der Waals surface area contributed by atoms with E-state index in [2.05, 4.69) is 15.9 Å². The second-order valence-electron chi connectivity index (χ2n) is 5.71. The molecular weight excluding hydrogens is 505 g/mol. The molecule has 1 aliphatic heterocycles. The van der Waals surface area contributed by atoms with E-state index in [4.69, 9.17) is 44.9 Å². The Hall–Kier alpha value is -1.25. The number of hydrogen-bond acceptors (Lipinski definition) is 5. The Balaban J connectivity index is 1.63. The highest BCUT2D eigenvalue weighted by Crippen LogP contribution is 2.37. The van der Waals surface area contributed by atoms with Crippen molar-refractivity contribution in [2.45, 2.75) is 0 Å². The van der Waals surface area contributed by atoms with Crippen molar-refractivity contribution in [1.29, 1.82) is 0 Å². The molecule has 0 spiro atoms. The van der Waals surface area contributed by atoms with Gasteiger partial charge in [0.1, 0.15) is 23.3 Å². The molecule has 3 rings (SSSR count). The van der Waals surface area contributed by atoms with Crippen LogP contribution in [0.4, 0.5) is 0 Å². The first kappa shape index (κ1) is 21.5. The van der Waals surface area contributed by atoms with Crippen molar-refractivity contribution in [2.75, 3.05) is 20.3 Å². The smallest absolute Gasteiger partial charge is 0.265 e. The van der Waals surface area contributed by atoms with Gasteiger partial charge in [0.15, 0.2) is 5.75 Å². The van der Waals surface area contributed by atoms with E-state index in [1.807, 2.05) is 24.3 Å². The molecule has 9 heteroatoms. The molecule has 0 radical (unpaired) electrons. The Bertz CT molecular complexity index is 928. The average molecular weight is 519 g/mol. The lowest BCUT2D eigenvalue weighted by Gasteiger charge is -2.12. The second-order valence-corrected chi connectivity index (χ2v) is 9.11. The summed E-state index contributed by atoms with van der Waals surface area (Å²) < 4.78 is 12.8. The minimum Gasteiger partial charge on any atom is -0.490 e. The van der Waals surface area contributed by atoms with Gasteiger partial charge in [0, 0.05) is 11.5 Å². The van der Waals surface area contributed by atoms with Gasteiger partial charge in [-0.3, -0.25) is 9.69 Å². The van der Waals surface area contributed by atoms with E-state index in [9.17, 15) is 4.79 Å². The zero-order chi connectivity index (χ0) is 20.3. The van der Waals surface area contributed by atoms with Crippen molar-refractivity contribution in [3.8, 4) is 11.5 Å². The largest absolute Gasteiger partial charge is 0.490 e. The predicted molar refractivity (Wildman–Crippen MR) is 123 cm³/mol. The van der Waals surface area contributed by atoms with Crippen molar-refractivity contribution in [3.63, 3.8) is 0 Å². The highest BCUT2D eigenvalue weighted by atomic mass is 79.9. The van der Waals surface area contributed by atoms with Crippen LogP contribution in [-0.4, -0.2) is 35.4 Å². The molecule has 146 valence electrons. The van der Waals surface area contributed by atoms with Crippen LogP contribution in [0.25, 0.3) is 6.08 Å². The van der Waals surface area contributed by atoms with E-state index in [1.165, 1.54) is 16.7 Å². The summed E-state index contributed by atoms with van der Waals surface area (Å²) in [6.07, 6.45) is 1.71. The molecular formula is C19H14BrCl2NO3S2. The first-order chi connectivity index (χ1) is 13.3. The fourth-order valence-corrected chi connectivity index (χ4v) is 4.39. The first-order valence-electron chi connectivity index (χ1n) is 8.07. The SMILES string of the molecule is CN1C(=O)C(=Cc2cc(Cl)c(OCCOc3ccc(Br)cc3)c(Cl)c2)SC1=S. The maximum absolute atomic E-state index is 12.1. The lowest BCUT2D eigenvalue weighted by atomic mass is 10.2. The number of halogens is 3. The van der Waals surface area contributed by atoms with Crippen LogP contribution in [0.5, 0.6) is 11.5 Å². The standard InChI is InChI=1S/C19H14BrCl2NO3S2/c1-23-18(24)16(28-19(23)27)10-11-8-14(21)17(15(22)9-11)26-7-6-25-13-4-2-12(20)3-5-13/h2-5,8-10H,6-7H2,1H3. The third-order valence-corrected chi connectivity index (χ3v) is 6.29. The highest BCUT2D eigenvalue weighted by Gasteiger charge is 2.28. The molecule has 1 heterocycles. The Morgan fingerprint density at radius 2 is 1.75 bits per heavy atom. The van der Waals surface area contributed by atoms with E-state index >= 15 is 0 Å². The lowest BCUT2D eigenvalue weighted by molar-refractivity contribution is -0.121. The number of ether oxygens (including phenoxy) is 2. The number of thiocarbonyl (C=S) groups is 1. The van der Waals surface area contributed by atoms with Crippen LogP contribution in [-0.2, 0) is 4.79 Å². The van der Waals surface area contributed by atoms with Gasteiger partial charge in [0.05, 0.1) is 15.0 Å². The Morgan fingerprint density at radius 3 is 2.32 bits per heavy atom. The number of benzene rings is 2. The molecule has 0 aromatic heterocycles. The van der Waals surface area contributed by atoms with Gasteiger partial charge in [0.25, 0.3) is 5.91 Å². The monoisotopic (exact) mass is 517 g/mol. The number of amides is 1. The summed E-state index contributed by atoms with van der Waals surface area (Å²) in [7, 11) is 1.64. The molecule has 0 unspecified atom stereocenters. The normalized spacial score (nSPS) is 15.4. The minimum atomic E-state index is -0.146. The molecule has 1 fully saturated rings. The Morgan fingerprint density at radius 1 is 1.14 bits per heavy atom. The predicted octanol–water partition coefficient (Wildman–Crippen LogP) is 6.04. The van der Waals surface area contributed by atoms with E-state index in [0.717, 1.165) is 10.2 Å². The molecule has 2 aromatic rings. The number of rotatable bonds is 6. The molecule has 0 aliphatic carbocycles. The summed E-state index contributed by atoms with van der Waals surface area (Å²) in [4.78, 5) is 14.1. The quantitative estimate of drug-likeness (QED) is 0.264. The lowest BCUT2D eigenvalue weighted by Crippen LogP contribution is -2.22. The highest BCUT2D eigenvalue weighted by molar-refractivity contribution is 9.10. The first-order valence-corrected chi connectivity index (χ1v) is 10.8. The van der Waals surface area contributed by atoms with E-state index in [-0.39, 0.29) is 12.5 Å². The number of carbonyl (C=O) groups is 1. The maximum Gasteiger partial charge on any atom is 0.265 e. The number of nitrogens with zero attached hydrogens (tertiary/aromatic N) is 1. The van der Waals surface area contributed by atoms with Crippen LogP contribution in [0.15, 0.2) is 45.8 Å². The number of thioether (sulfide) groups is 1. The van der Waals surface area contributed by atoms with Crippen LogP contribution in [0.3, 0.4) is 0 Å². The van der Waals surface area contributed by atoms with Crippen LogP contribution >= 0.6 is 63.1 Å². The van der Waals surface area contributed by atoms with Gasteiger partial charge < -0.3 is 9.47 Å². The summed E-state index contributed by atoms with van der Waals surface area (Å²) in [5.41, 5.74) is 0.697. The Labute approximate surface area is 190 Å². The van der Waals surface area contributed by atoms with Crippen molar-refractivity contribution in [1.82, 2.24) is 4.90 Å². The van der Waals surface area contributed by atoms with Crippen molar-refractivity contribution < 1.29 is 14.3 Å². The van der Waals surface area contributed by atoms with Crippen LogP contribution in [0.2, 0.25) is 10.0 Å². The molecule has 1 aliphatic rings. The van der Waals surface area contributed by atoms with E-state index in [0.29, 0.717) is 37.2 Å². The van der Waals surface area contributed by atoms with Crippen LogP contribution in [0, 0.1) is 0 Å².